The van der Waals surface area contributed by atoms with Crippen LogP contribution in [0.1, 0.15) is 45.4 Å². The van der Waals surface area contributed by atoms with Gasteiger partial charge < -0.3 is 10.1 Å². The number of hydrogen-bond acceptors (Lipinski definition) is 3. The van der Waals surface area contributed by atoms with Crippen molar-refractivity contribution in [2.24, 2.45) is 5.92 Å². The minimum absolute atomic E-state index is 0.0408. The summed E-state index contributed by atoms with van der Waals surface area (Å²) in [6.45, 7) is 0. The van der Waals surface area contributed by atoms with E-state index in [2.05, 4.69) is 5.32 Å². The normalized spacial score (nSPS) is 23.3. The molecule has 1 N–H and O–H groups in total. The third kappa shape index (κ3) is 3.09. The standard InChI is InChI=1S/C21H18F3NO2/c1-27-20(26)13-7-5-12(6-8-13)19-16-4-2-3-15(16)17-11-14(21(22,23)24)9-10-18(17)25-19/h2-3,5-11,15-16,19,25H,4H2,1H3/t15-,16-,19-/m0/s1. The van der Waals surface area contributed by atoms with Crippen molar-refractivity contribution in [1.29, 1.82) is 0 Å². The molecule has 6 heteroatoms. The number of methoxy groups -OCH3 is 1. The van der Waals surface area contributed by atoms with E-state index in [0.717, 1.165) is 23.7 Å². The number of anilines is 1. The lowest BCUT2D eigenvalue weighted by atomic mass is 9.76. The predicted molar refractivity (Wildman–Crippen MR) is 95.6 cm³/mol. The lowest BCUT2D eigenvalue weighted by Crippen LogP contribution is -2.29. The average molecular weight is 373 g/mol. The Kier molecular flexibility index (Phi) is 4.21. The minimum atomic E-state index is -4.35. The quantitative estimate of drug-likeness (QED) is 0.572. The van der Waals surface area contributed by atoms with Crippen molar-refractivity contribution in [3.05, 3.63) is 76.9 Å². The molecule has 4 rings (SSSR count). The lowest BCUT2D eigenvalue weighted by Gasteiger charge is -2.38. The second-order valence-electron chi connectivity index (χ2n) is 6.89. The largest absolute Gasteiger partial charge is 0.465 e. The highest BCUT2D eigenvalue weighted by Crippen LogP contribution is 2.50. The second-order valence-corrected chi connectivity index (χ2v) is 6.89. The molecule has 0 amide bonds. The van der Waals surface area contributed by atoms with Crippen LogP contribution in [0, 0.1) is 5.92 Å². The summed E-state index contributed by atoms with van der Waals surface area (Å²) < 4.78 is 44.0. The smallest absolute Gasteiger partial charge is 0.416 e. The van der Waals surface area contributed by atoms with Crippen molar-refractivity contribution < 1.29 is 22.7 Å². The van der Waals surface area contributed by atoms with Gasteiger partial charge >= 0.3 is 12.1 Å². The van der Waals surface area contributed by atoms with Crippen LogP contribution in [0.5, 0.6) is 0 Å². The maximum absolute atomic E-state index is 13.1. The van der Waals surface area contributed by atoms with E-state index in [9.17, 15) is 18.0 Å². The SMILES string of the molecule is COC(=O)c1ccc([C@@H]2Nc3ccc(C(F)(F)F)cc3[C@H]3C=CC[C@@H]32)cc1. The first-order valence-corrected chi connectivity index (χ1v) is 8.71. The molecule has 0 aromatic heterocycles. The summed E-state index contributed by atoms with van der Waals surface area (Å²) in [6.07, 6.45) is 0.465. The monoisotopic (exact) mass is 373 g/mol. The van der Waals surface area contributed by atoms with Crippen LogP contribution in [0.2, 0.25) is 0 Å². The summed E-state index contributed by atoms with van der Waals surface area (Å²) in [7, 11) is 1.33. The van der Waals surface area contributed by atoms with Crippen LogP contribution in [0.4, 0.5) is 18.9 Å². The van der Waals surface area contributed by atoms with Crippen molar-refractivity contribution in [1.82, 2.24) is 0 Å². The molecule has 3 nitrogen and oxygen atoms in total. The first-order chi connectivity index (χ1) is 12.9. The Labute approximate surface area is 154 Å². The molecule has 3 atom stereocenters. The molecule has 0 fully saturated rings. The molecule has 1 heterocycles. The Bertz CT molecular complexity index is 903. The van der Waals surface area contributed by atoms with E-state index in [-0.39, 0.29) is 17.9 Å². The molecular formula is C21H18F3NO2. The summed E-state index contributed by atoms with van der Waals surface area (Å²) in [5, 5.41) is 3.40. The molecule has 2 aliphatic rings. The molecule has 0 unspecified atom stereocenters. The molecule has 0 radical (unpaired) electrons. The van der Waals surface area contributed by atoms with Crippen molar-refractivity contribution in [2.45, 2.75) is 24.6 Å². The summed E-state index contributed by atoms with van der Waals surface area (Å²) in [5.41, 5.74) is 2.24. The van der Waals surface area contributed by atoms with E-state index in [4.69, 9.17) is 4.74 Å². The van der Waals surface area contributed by atoms with Gasteiger partial charge in [-0.15, -0.1) is 0 Å². The van der Waals surface area contributed by atoms with Gasteiger partial charge in [-0.05, 0) is 53.8 Å². The maximum Gasteiger partial charge on any atom is 0.416 e. The number of hydrogen-bond donors (Lipinski definition) is 1. The van der Waals surface area contributed by atoms with Gasteiger partial charge in [-0.25, -0.2) is 4.79 Å². The van der Waals surface area contributed by atoms with E-state index in [1.165, 1.54) is 19.2 Å². The number of ether oxygens (including phenoxy) is 1. The molecule has 0 spiro atoms. The maximum atomic E-state index is 13.1. The van der Waals surface area contributed by atoms with Gasteiger partial charge in [-0.1, -0.05) is 24.3 Å². The third-order valence-corrected chi connectivity index (χ3v) is 5.38. The first kappa shape index (κ1) is 17.6. The number of fused-ring (bicyclic) bond motifs is 3. The van der Waals surface area contributed by atoms with Crippen LogP contribution in [0.25, 0.3) is 0 Å². The molecule has 1 aliphatic heterocycles. The van der Waals surface area contributed by atoms with Crippen molar-refractivity contribution in [3.8, 4) is 0 Å². The number of halogens is 3. The fraction of sp³-hybridized carbons (Fsp3) is 0.286. The van der Waals surface area contributed by atoms with Crippen LogP contribution in [0.3, 0.4) is 0 Å². The zero-order valence-corrected chi connectivity index (χ0v) is 14.6. The molecule has 0 bridgehead atoms. The number of alkyl halides is 3. The summed E-state index contributed by atoms with van der Waals surface area (Å²) in [4.78, 5) is 11.6. The Morgan fingerprint density at radius 1 is 1.15 bits per heavy atom. The molecule has 140 valence electrons. The van der Waals surface area contributed by atoms with Crippen LogP contribution < -0.4 is 5.32 Å². The first-order valence-electron chi connectivity index (χ1n) is 8.71. The zero-order chi connectivity index (χ0) is 19.2. The molecule has 1 aliphatic carbocycles. The fourth-order valence-corrected chi connectivity index (χ4v) is 4.05. The Balaban J connectivity index is 1.69. The number of allylic oxidation sites excluding steroid dienone is 2. The van der Waals surface area contributed by atoms with Gasteiger partial charge in [0.15, 0.2) is 0 Å². The van der Waals surface area contributed by atoms with Crippen molar-refractivity contribution in [2.75, 3.05) is 12.4 Å². The van der Waals surface area contributed by atoms with Crippen molar-refractivity contribution in [3.63, 3.8) is 0 Å². The average Bonchev–Trinajstić information content (AvgIpc) is 3.16. The van der Waals surface area contributed by atoms with Gasteiger partial charge in [0.1, 0.15) is 0 Å². The topological polar surface area (TPSA) is 38.3 Å². The van der Waals surface area contributed by atoms with Gasteiger partial charge in [0, 0.05) is 11.6 Å². The number of carbonyl (C=O) groups excluding carboxylic acids is 1. The van der Waals surface area contributed by atoms with E-state index in [0.29, 0.717) is 11.1 Å². The van der Waals surface area contributed by atoms with Gasteiger partial charge in [-0.3, -0.25) is 0 Å². The number of benzene rings is 2. The Hall–Kier alpha value is -2.76. The fourth-order valence-electron chi connectivity index (χ4n) is 4.05. The molecule has 0 saturated heterocycles. The van der Waals surface area contributed by atoms with Crippen LogP contribution >= 0.6 is 0 Å². The van der Waals surface area contributed by atoms with E-state index in [1.54, 1.807) is 12.1 Å². The summed E-state index contributed by atoms with van der Waals surface area (Å²) in [5.74, 6) is -0.331. The molecule has 2 aromatic carbocycles. The molecule has 27 heavy (non-hydrogen) atoms. The molecule has 2 aromatic rings. The van der Waals surface area contributed by atoms with Gasteiger partial charge in [0.25, 0.3) is 0 Å². The Morgan fingerprint density at radius 3 is 2.56 bits per heavy atom. The van der Waals surface area contributed by atoms with Crippen LogP contribution in [-0.2, 0) is 10.9 Å². The van der Waals surface area contributed by atoms with E-state index in [1.807, 2.05) is 24.3 Å². The number of esters is 1. The highest BCUT2D eigenvalue weighted by molar-refractivity contribution is 5.89. The number of carbonyl (C=O) groups is 1. The van der Waals surface area contributed by atoms with Crippen LogP contribution in [0.15, 0.2) is 54.6 Å². The van der Waals surface area contributed by atoms with Crippen LogP contribution in [-0.4, -0.2) is 13.1 Å². The lowest BCUT2D eigenvalue weighted by molar-refractivity contribution is -0.137. The second kappa shape index (κ2) is 6.44. The number of rotatable bonds is 2. The van der Waals surface area contributed by atoms with Gasteiger partial charge in [-0.2, -0.15) is 13.2 Å². The molecular weight excluding hydrogens is 355 g/mol. The summed E-state index contributed by atoms with van der Waals surface area (Å²) >= 11 is 0. The summed E-state index contributed by atoms with van der Waals surface area (Å²) in [6, 6.07) is 11.0. The zero-order valence-electron chi connectivity index (χ0n) is 14.6. The van der Waals surface area contributed by atoms with E-state index < -0.39 is 17.7 Å². The minimum Gasteiger partial charge on any atom is -0.465 e. The predicted octanol–water partition coefficient (Wildman–Crippen LogP) is 5.32. The Morgan fingerprint density at radius 2 is 1.89 bits per heavy atom. The van der Waals surface area contributed by atoms with E-state index >= 15 is 0 Å². The van der Waals surface area contributed by atoms with Gasteiger partial charge in [0.05, 0.1) is 24.3 Å². The molecule has 0 saturated carbocycles. The number of nitrogens with one attached hydrogen (secondary N) is 1. The highest BCUT2D eigenvalue weighted by Gasteiger charge is 2.40. The highest BCUT2D eigenvalue weighted by atomic mass is 19.4. The van der Waals surface area contributed by atoms with Crippen molar-refractivity contribution >= 4 is 11.7 Å². The third-order valence-electron chi connectivity index (χ3n) is 5.38. The van der Waals surface area contributed by atoms with Gasteiger partial charge in [0.2, 0.25) is 0 Å².